The molecule has 1 aromatic rings. The van der Waals surface area contributed by atoms with E-state index < -0.39 is 0 Å². The summed E-state index contributed by atoms with van der Waals surface area (Å²) in [6, 6.07) is 5.79. The molecular weight excluding hydrogens is 200 g/mol. The van der Waals surface area contributed by atoms with E-state index in [-0.39, 0.29) is 5.91 Å². The number of amides is 1. The normalized spacial score (nSPS) is 9.12. The van der Waals surface area contributed by atoms with Crippen molar-refractivity contribution in [2.75, 3.05) is 12.3 Å². The number of hydrogen-bond donors (Lipinski definition) is 2. The second-order valence-corrected chi connectivity index (χ2v) is 3.57. The van der Waals surface area contributed by atoms with Crippen LogP contribution in [-0.2, 0) is 4.79 Å². The van der Waals surface area contributed by atoms with Gasteiger partial charge in [0, 0.05) is 25.5 Å². The average molecular weight is 216 g/mol. The van der Waals surface area contributed by atoms with Crippen LogP contribution in [0.3, 0.4) is 0 Å². The van der Waals surface area contributed by atoms with Crippen molar-refractivity contribution in [1.82, 2.24) is 5.32 Å². The maximum Gasteiger partial charge on any atom is 0.216 e. The lowest BCUT2D eigenvalue weighted by molar-refractivity contribution is -0.118. The molecule has 3 heteroatoms. The molecule has 0 aliphatic carbocycles. The summed E-state index contributed by atoms with van der Waals surface area (Å²) >= 11 is 0. The Balaban J connectivity index is 2.56. The number of anilines is 1. The lowest BCUT2D eigenvalue weighted by Gasteiger charge is -2.01. The first-order valence-corrected chi connectivity index (χ1v) is 5.19. The monoisotopic (exact) mass is 216 g/mol. The summed E-state index contributed by atoms with van der Waals surface area (Å²) in [7, 11) is 0. The van der Waals surface area contributed by atoms with Crippen molar-refractivity contribution >= 4 is 11.6 Å². The van der Waals surface area contributed by atoms with Gasteiger partial charge in [-0.05, 0) is 18.6 Å². The molecule has 3 nitrogen and oxygen atoms in total. The maximum absolute atomic E-state index is 10.6. The summed E-state index contributed by atoms with van der Waals surface area (Å²) in [5, 5.41) is 2.69. The largest absolute Gasteiger partial charge is 0.398 e. The molecule has 0 aliphatic heterocycles. The van der Waals surface area contributed by atoms with E-state index in [1.54, 1.807) is 0 Å². The van der Waals surface area contributed by atoms with Gasteiger partial charge < -0.3 is 11.1 Å². The molecule has 0 bridgehead atoms. The van der Waals surface area contributed by atoms with Crippen LogP contribution in [0.5, 0.6) is 0 Å². The van der Waals surface area contributed by atoms with Crippen LogP contribution < -0.4 is 11.1 Å². The van der Waals surface area contributed by atoms with Crippen molar-refractivity contribution in [3.05, 3.63) is 29.3 Å². The number of nitrogen functional groups attached to an aromatic ring is 1. The Morgan fingerprint density at radius 1 is 1.50 bits per heavy atom. The van der Waals surface area contributed by atoms with Crippen LogP contribution in [0.25, 0.3) is 0 Å². The summed E-state index contributed by atoms with van der Waals surface area (Å²) in [6.07, 6.45) is 0.632. The second-order valence-electron chi connectivity index (χ2n) is 3.57. The smallest absolute Gasteiger partial charge is 0.216 e. The molecule has 0 saturated carbocycles. The van der Waals surface area contributed by atoms with E-state index in [2.05, 4.69) is 17.2 Å². The minimum atomic E-state index is -0.0307. The van der Waals surface area contributed by atoms with Crippen molar-refractivity contribution in [3.8, 4) is 11.8 Å². The van der Waals surface area contributed by atoms with E-state index in [9.17, 15) is 4.79 Å². The van der Waals surface area contributed by atoms with Crippen LogP contribution in [-0.4, -0.2) is 12.5 Å². The number of aryl methyl sites for hydroxylation is 1. The van der Waals surface area contributed by atoms with Crippen molar-refractivity contribution in [1.29, 1.82) is 0 Å². The van der Waals surface area contributed by atoms with E-state index in [1.807, 2.05) is 25.1 Å². The Bertz CT molecular complexity index is 441. The zero-order chi connectivity index (χ0) is 12.0. The number of nitrogens with one attached hydrogen (secondary N) is 1. The molecule has 0 saturated heterocycles. The SMILES string of the molecule is CC(=O)NCCC#Cc1cccc(C)c1N. The first-order chi connectivity index (χ1) is 7.61. The number of nitrogens with two attached hydrogens (primary N) is 1. The number of carbonyl (C=O) groups excluding carboxylic acids is 1. The van der Waals surface area contributed by atoms with E-state index in [1.165, 1.54) is 6.92 Å². The third-order valence-corrected chi connectivity index (χ3v) is 2.17. The van der Waals surface area contributed by atoms with Gasteiger partial charge in [0.1, 0.15) is 0 Å². The third kappa shape index (κ3) is 3.66. The molecule has 0 radical (unpaired) electrons. The highest BCUT2D eigenvalue weighted by atomic mass is 16.1. The minimum Gasteiger partial charge on any atom is -0.398 e. The summed E-state index contributed by atoms with van der Waals surface area (Å²) in [5.74, 6) is 5.95. The summed E-state index contributed by atoms with van der Waals surface area (Å²) < 4.78 is 0. The first-order valence-electron chi connectivity index (χ1n) is 5.19. The molecule has 0 fully saturated rings. The van der Waals surface area contributed by atoms with Gasteiger partial charge in [-0.15, -0.1) is 0 Å². The van der Waals surface area contributed by atoms with Gasteiger partial charge in [-0.3, -0.25) is 4.79 Å². The van der Waals surface area contributed by atoms with Gasteiger partial charge >= 0.3 is 0 Å². The van der Waals surface area contributed by atoms with Crippen LogP contribution in [0.2, 0.25) is 0 Å². The molecule has 1 amide bonds. The Morgan fingerprint density at radius 2 is 2.25 bits per heavy atom. The number of carbonyl (C=O) groups is 1. The quantitative estimate of drug-likeness (QED) is 0.446. The summed E-state index contributed by atoms with van der Waals surface area (Å²) in [6.45, 7) is 4.03. The van der Waals surface area contributed by atoms with Crippen LogP contribution >= 0.6 is 0 Å². The molecule has 0 atom stereocenters. The first kappa shape index (κ1) is 12.1. The predicted octanol–water partition coefficient (Wildman–Crippen LogP) is 1.45. The van der Waals surface area contributed by atoms with Crippen molar-refractivity contribution in [2.45, 2.75) is 20.3 Å². The van der Waals surface area contributed by atoms with Gasteiger partial charge in [0.15, 0.2) is 0 Å². The van der Waals surface area contributed by atoms with Crippen molar-refractivity contribution in [3.63, 3.8) is 0 Å². The van der Waals surface area contributed by atoms with Crippen molar-refractivity contribution in [2.24, 2.45) is 0 Å². The predicted molar refractivity (Wildman–Crippen MR) is 65.8 cm³/mol. The number of hydrogen-bond acceptors (Lipinski definition) is 2. The highest BCUT2D eigenvalue weighted by molar-refractivity contribution is 5.72. The number of para-hydroxylation sites is 1. The lowest BCUT2D eigenvalue weighted by Crippen LogP contribution is -2.20. The fourth-order valence-corrected chi connectivity index (χ4v) is 1.25. The van der Waals surface area contributed by atoms with Crippen molar-refractivity contribution < 1.29 is 4.79 Å². The Hall–Kier alpha value is -1.95. The van der Waals surface area contributed by atoms with Crippen LogP contribution in [0, 0.1) is 18.8 Å². The van der Waals surface area contributed by atoms with E-state index in [0.717, 1.165) is 16.8 Å². The molecule has 1 rings (SSSR count). The molecular formula is C13H16N2O. The third-order valence-electron chi connectivity index (χ3n) is 2.17. The molecule has 84 valence electrons. The molecule has 0 spiro atoms. The van der Waals surface area contributed by atoms with Gasteiger partial charge in [-0.1, -0.05) is 24.0 Å². The highest BCUT2D eigenvalue weighted by Crippen LogP contribution is 2.14. The maximum atomic E-state index is 10.6. The summed E-state index contributed by atoms with van der Waals surface area (Å²) in [4.78, 5) is 10.6. The molecule has 0 aliphatic rings. The zero-order valence-corrected chi connectivity index (χ0v) is 9.63. The average Bonchev–Trinajstić information content (AvgIpc) is 2.23. The van der Waals surface area contributed by atoms with Crippen LogP contribution in [0.1, 0.15) is 24.5 Å². The zero-order valence-electron chi connectivity index (χ0n) is 9.63. The van der Waals surface area contributed by atoms with Crippen LogP contribution in [0.15, 0.2) is 18.2 Å². The molecule has 16 heavy (non-hydrogen) atoms. The Labute approximate surface area is 96.0 Å². The van der Waals surface area contributed by atoms with Crippen LogP contribution in [0.4, 0.5) is 5.69 Å². The lowest BCUT2D eigenvalue weighted by atomic mass is 10.1. The standard InChI is InChI=1S/C13H16N2O/c1-10-6-5-8-12(13(10)14)7-3-4-9-15-11(2)16/h5-6,8H,4,9,14H2,1-2H3,(H,15,16). The number of benzene rings is 1. The van der Waals surface area contributed by atoms with Gasteiger partial charge in [-0.25, -0.2) is 0 Å². The highest BCUT2D eigenvalue weighted by Gasteiger charge is 1.96. The number of rotatable bonds is 2. The van der Waals surface area contributed by atoms with Gasteiger partial charge in [0.2, 0.25) is 5.91 Å². The van der Waals surface area contributed by atoms with E-state index >= 15 is 0 Å². The Kier molecular flexibility index (Phi) is 4.41. The molecule has 1 aromatic carbocycles. The summed E-state index contributed by atoms with van der Waals surface area (Å²) in [5.41, 5.74) is 8.49. The molecule has 0 unspecified atom stereocenters. The van der Waals surface area contributed by atoms with E-state index in [4.69, 9.17) is 5.73 Å². The van der Waals surface area contributed by atoms with Gasteiger partial charge in [0.25, 0.3) is 0 Å². The van der Waals surface area contributed by atoms with Gasteiger partial charge in [-0.2, -0.15) is 0 Å². The van der Waals surface area contributed by atoms with E-state index in [0.29, 0.717) is 13.0 Å². The topological polar surface area (TPSA) is 55.1 Å². The second kappa shape index (κ2) is 5.82. The molecule has 0 aromatic heterocycles. The minimum absolute atomic E-state index is 0.0307. The molecule has 3 N–H and O–H groups in total. The van der Waals surface area contributed by atoms with Gasteiger partial charge in [0.05, 0.1) is 5.69 Å². The fraction of sp³-hybridized carbons (Fsp3) is 0.308. The molecule has 0 heterocycles. The Morgan fingerprint density at radius 3 is 2.94 bits per heavy atom. The fourth-order valence-electron chi connectivity index (χ4n) is 1.25.